The Morgan fingerprint density at radius 3 is 2.63 bits per heavy atom. The zero-order chi connectivity index (χ0) is 19.0. The van der Waals surface area contributed by atoms with Gasteiger partial charge in [0.1, 0.15) is 0 Å². The van der Waals surface area contributed by atoms with Crippen LogP contribution in [0.1, 0.15) is 17.5 Å². The van der Waals surface area contributed by atoms with Gasteiger partial charge in [0.15, 0.2) is 5.84 Å². The van der Waals surface area contributed by atoms with Crippen LogP contribution in [0, 0.1) is 10.1 Å². The number of nitro groups is 1. The molecule has 0 bridgehead atoms. The van der Waals surface area contributed by atoms with E-state index in [2.05, 4.69) is 26.4 Å². The molecule has 0 saturated heterocycles. The number of carbonyl (C=O) groups is 1. The number of anilines is 1. The molecule has 2 aromatic rings. The van der Waals surface area contributed by atoms with Crippen molar-refractivity contribution in [3.8, 4) is 0 Å². The van der Waals surface area contributed by atoms with Crippen molar-refractivity contribution in [2.24, 2.45) is 10.2 Å². The highest BCUT2D eigenvalue weighted by atomic mass is 16.6. The molecule has 2 aromatic carbocycles. The van der Waals surface area contributed by atoms with E-state index >= 15 is 0 Å². The molecule has 2 heterocycles. The number of nitrogens with two attached hydrogens (primary N) is 1. The average molecular weight is 365 g/mol. The summed E-state index contributed by atoms with van der Waals surface area (Å²) in [6, 6.07) is 13.1. The molecule has 2 aliphatic rings. The number of non-ortho nitro benzene ring substituents is 1. The number of nitro benzene ring substituents is 1. The Morgan fingerprint density at radius 1 is 1.11 bits per heavy atom. The minimum absolute atomic E-state index is 0.0444. The highest BCUT2D eigenvalue weighted by molar-refractivity contribution is 6.16. The van der Waals surface area contributed by atoms with E-state index in [-0.39, 0.29) is 18.0 Å². The van der Waals surface area contributed by atoms with Gasteiger partial charge in [-0.05, 0) is 12.1 Å². The van der Waals surface area contributed by atoms with Crippen molar-refractivity contribution < 1.29 is 9.72 Å². The first-order valence-electron chi connectivity index (χ1n) is 8.08. The number of amides is 1. The maximum Gasteiger partial charge on any atom is 0.275 e. The fourth-order valence-electron chi connectivity index (χ4n) is 2.94. The topological polar surface area (TPSA) is 147 Å². The van der Waals surface area contributed by atoms with Gasteiger partial charge in [-0.1, -0.05) is 24.3 Å². The lowest BCUT2D eigenvalue weighted by Crippen LogP contribution is -2.65. The van der Waals surface area contributed by atoms with Gasteiger partial charge in [0.25, 0.3) is 11.6 Å². The first-order valence-corrected chi connectivity index (χ1v) is 8.08. The van der Waals surface area contributed by atoms with Crippen LogP contribution in [0.15, 0.2) is 58.7 Å². The van der Waals surface area contributed by atoms with Gasteiger partial charge in [0, 0.05) is 35.4 Å². The normalized spacial score (nSPS) is 21.0. The van der Waals surface area contributed by atoms with E-state index in [1.807, 2.05) is 0 Å². The summed E-state index contributed by atoms with van der Waals surface area (Å²) in [7, 11) is 0. The summed E-state index contributed by atoms with van der Waals surface area (Å²) in [6.45, 7) is 0. The van der Waals surface area contributed by atoms with E-state index in [4.69, 9.17) is 5.73 Å². The molecule has 0 fully saturated rings. The Labute approximate surface area is 153 Å². The van der Waals surface area contributed by atoms with Crippen molar-refractivity contribution in [1.29, 1.82) is 0 Å². The number of para-hydroxylation sites is 1. The highest BCUT2D eigenvalue weighted by Gasteiger charge is 2.46. The van der Waals surface area contributed by atoms with Gasteiger partial charge in [-0.15, -0.1) is 0 Å². The summed E-state index contributed by atoms with van der Waals surface area (Å²) >= 11 is 0. The van der Waals surface area contributed by atoms with Crippen LogP contribution in [-0.2, 0) is 4.79 Å². The molecular formula is C17H15N7O3. The monoisotopic (exact) mass is 365 g/mol. The van der Waals surface area contributed by atoms with E-state index < -0.39 is 10.6 Å². The van der Waals surface area contributed by atoms with E-state index in [9.17, 15) is 14.9 Å². The number of nitrogens with zero attached hydrogens (tertiary/aromatic N) is 3. The molecule has 1 spiro atoms. The average Bonchev–Trinajstić information content (AvgIpc) is 3.10. The smallest absolute Gasteiger partial charge is 0.275 e. The Hall–Kier alpha value is -3.95. The summed E-state index contributed by atoms with van der Waals surface area (Å²) in [6.07, 6.45) is 0.168. The summed E-state index contributed by atoms with van der Waals surface area (Å²) in [5.74, 6) is -0.0609. The molecule has 136 valence electrons. The van der Waals surface area contributed by atoms with Gasteiger partial charge < -0.3 is 11.1 Å². The summed E-state index contributed by atoms with van der Waals surface area (Å²) in [5.41, 5.74) is 12.4. The quantitative estimate of drug-likeness (QED) is 0.357. The molecule has 0 radical (unpaired) electrons. The highest BCUT2D eigenvalue weighted by Crippen LogP contribution is 2.24. The Morgan fingerprint density at radius 2 is 1.89 bits per heavy atom. The van der Waals surface area contributed by atoms with Gasteiger partial charge in [0.2, 0.25) is 5.66 Å². The number of amidine groups is 1. The third-order valence-electron chi connectivity index (χ3n) is 4.40. The number of benzene rings is 2. The lowest BCUT2D eigenvalue weighted by molar-refractivity contribution is -0.384. The van der Waals surface area contributed by atoms with Gasteiger partial charge in [-0.3, -0.25) is 25.8 Å². The number of nitrogens with one attached hydrogen (secondary N) is 3. The van der Waals surface area contributed by atoms with Gasteiger partial charge >= 0.3 is 0 Å². The zero-order valence-corrected chi connectivity index (χ0v) is 14.0. The van der Waals surface area contributed by atoms with E-state index in [1.54, 1.807) is 36.4 Å². The molecule has 0 aliphatic carbocycles. The van der Waals surface area contributed by atoms with Crippen LogP contribution in [0.3, 0.4) is 0 Å². The van der Waals surface area contributed by atoms with E-state index in [0.717, 1.165) is 0 Å². The third-order valence-corrected chi connectivity index (χ3v) is 4.40. The maximum absolute atomic E-state index is 12.7. The minimum atomic E-state index is -1.26. The summed E-state index contributed by atoms with van der Waals surface area (Å²) in [4.78, 5) is 23.2. The number of nitrogen functional groups attached to an aromatic ring is 1. The van der Waals surface area contributed by atoms with Crippen LogP contribution in [0.5, 0.6) is 0 Å². The molecule has 1 amide bonds. The predicted molar refractivity (Wildman–Crippen MR) is 98.8 cm³/mol. The maximum atomic E-state index is 12.7. The van der Waals surface area contributed by atoms with Gasteiger partial charge in [-0.25, -0.2) is 0 Å². The van der Waals surface area contributed by atoms with Crippen LogP contribution in [-0.4, -0.2) is 28.0 Å². The Kier molecular flexibility index (Phi) is 3.73. The Bertz CT molecular complexity index is 1020. The van der Waals surface area contributed by atoms with Gasteiger partial charge in [0.05, 0.1) is 10.6 Å². The molecule has 0 saturated carbocycles. The fourth-order valence-corrected chi connectivity index (χ4v) is 2.94. The molecule has 10 nitrogen and oxygen atoms in total. The van der Waals surface area contributed by atoms with Crippen molar-refractivity contribution in [2.75, 3.05) is 5.73 Å². The number of hydrogen-bond acceptors (Lipinski definition) is 8. The standard InChI is InChI=1S/C17H15N7O3/c18-13-7-2-1-6-12(13)15-19-16(25)17(23-21-15)9-14(20-22-17)10-4-3-5-11(8-10)24(26)27/h1-8,22-23H,9,18H2,(H,19,21,25). The summed E-state index contributed by atoms with van der Waals surface area (Å²) < 4.78 is 0. The summed E-state index contributed by atoms with van der Waals surface area (Å²) in [5, 5.41) is 22.1. The molecular weight excluding hydrogens is 350 g/mol. The van der Waals surface area contributed by atoms with Crippen LogP contribution in [0.4, 0.5) is 11.4 Å². The van der Waals surface area contributed by atoms with Gasteiger partial charge in [-0.2, -0.15) is 10.2 Å². The van der Waals surface area contributed by atoms with Crippen molar-refractivity contribution in [1.82, 2.24) is 16.2 Å². The van der Waals surface area contributed by atoms with E-state index in [0.29, 0.717) is 28.4 Å². The van der Waals surface area contributed by atoms with Crippen LogP contribution in [0.25, 0.3) is 0 Å². The second-order valence-corrected chi connectivity index (χ2v) is 6.17. The molecule has 2 aliphatic heterocycles. The Balaban J connectivity index is 1.57. The van der Waals surface area contributed by atoms with Crippen molar-refractivity contribution in [2.45, 2.75) is 12.1 Å². The number of rotatable bonds is 3. The molecule has 0 aromatic heterocycles. The first kappa shape index (κ1) is 16.5. The zero-order valence-electron chi connectivity index (χ0n) is 14.0. The SMILES string of the molecule is Nc1ccccc1C1=NNC2(CC(c3cccc([N+](=O)[O-])c3)=NN2)C(=O)N1. The van der Waals surface area contributed by atoms with Crippen LogP contribution in [0.2, 0.25) is 0 Å². The molecule has 4 rings (SSSR count). The minimum Gasteiger partial charge on any atom is -0.398 e. The third kappa shape index (κ3) is 2.82. The second kappa shape index (κ2) is 6.09. The van der Waals surface area contributed by atoms with Crippen LogP contribution >= 0.6 is 0 Å². The van der Waals surface area contributed by atoms with Crippen molar-refractivity contribution in [3.63, 3.8) is 0 Å². The number of hydrazone groups is 2. The van der Waals surface area contributed by atoms with Crippen molar-refractivity contribution in [3.05, 3.63) is 69.8 Å². The second-order valence-electron chi connectivity index (χ2n) is 6.17. The largest absolute Gasteiger partial charge is 0.398 e. The molecule has 1 unspecified atom stereocenters. The molecule has 5 N–H and O–H groups in total. The molecule has 10 heteroatoms. The lowest BCUT2D eigenvalue weighted by atomic mass is 9.98. The molecule has 1 atom stereocenters. The fraction of sp³-hybridized carbons (Fsp3) is 0.118. The van der Waals surface area contributed by atoms with Crippen LogP contribution < -0.4 is 21.9 Å². The predicted octanol–water partition coefficient (Wildman–Crippen LogP) is 0.652. The number of hydrogen-bond donors (Lipinski definition) is 4. The number of carbonyl (C=O) groups excluding carboxylic acids is 1. The van der Waals surface area contributed by atoms with E-state index in [1.165, 1.54) is 12.1 Å². The first-order chi connectivity index (χ1) is 13.0. The lowest BCUT2D eigenvalue weighted by Gasteiger charge is -2.31. The molecule has 27 heavy (non-hydrogen) atoms. The van der Waals surface area contributed by atoms with Crippen molar-refractivity contribution >= 4 is 28.8 Å².